The van der Waals surface area contributed by atoms with Crippen LogP contribution in [0.1, 0.15) is 29.6 Å². The van der Waals surface area contributed by atoms with E-state index in [0.717, 1.165) is 23.6 Å². The summed E-state index contributed by atoms with van der Waals surface area (Å²) in [7, 11) is -1.93. The molecule has 1 aliphatic rings. The fourth-order valence-electron chi connectivity index (χ4n) is 4.13. The van der Waals surface area contributed by atoms with Crippen molar-refractivity contribution < 1.29 is 18.0 Å². The van der Waals surface area contributed by atoms with Crippen molar-refractivity contribution in [1.29, 1.82) is 0 Å². The number of likely N-dealkylation sites (tertiary alicyclic amines) is 1. The van der Waals surface area contributed by atoms with Gasteiger partial charge in [0.05, 0.1) is 16.7 Å². The molecule has 2 aromatic carbocycles. The largest absolute Gasteiger partial charge is 0.352 e. The van der Waals surface area contributed by atoms with Crippen LogP contribution in [0.3, 0.4) is 0 Å². The van der Waals surface area contributed by atoms with Gasteiger partial charge < -0.3 is 10.2 Å². The molecule has 1 saturated heterocycles. The van der Waals surface area contributed by atoms with Crippen molar-refractivity contribution in [1.82, 2.24) is 24.7 Å². The molecule has 0 atom stereocenters. The van der Waals surface area contributed by atoms with Crippen LogP contribution in [0.5, 0.6) is 0 Å². The van der Waals surface area contributed by atoms with E-state index in [4.69, 9.17) is 0 Å². The summed E-state index contributed by atoms with van der Waals surface area (Å²) in [5.74, 6) is 0.0837. The second kappa shape index (κ2) is 10.4. The third-order valence-electron chi connectivity index (χ3n) is 6.15. The molecule has 2 heterocycles. The van der Waals surface area contributed by atoms with Crippen LogP contribution in [0, 0.1) is 5.92 Å². The minimum Gasteiger partial charge on any atom is -0.352 e. The van der Waals surface area contributed by atoms with E-state index in [-0.39, 0.29) is 29.7 Å². The number of fused-ring (bicyclic) bond motifs is 1. The maximum Gasteiger partial charge on any atom is 0.254 e. The van der Waals surface area contributed by atoms with E-state index in [1.54, 1.807) is 41.0 Å². The van der Waals surface area contributed by atoms with Crippen LogP contribution < -0.4 is 10.0 Å². The molecule has 0 aliphatic carbocycles. The summed E-state index contributed by atoms with van der Waals surface area (Å²) < 4.78 is 29.4. The number of rotatable bonds is 8. The lowest BCUT2D eigenvalue weighted by atomic mass is 9.96. The zero-order chi connectivity index (χ0) is 24.1. The first-order chi connectivity index (χ1) is 16.3. The van der Waals surface area contributed by atoms with E-state index >= 15 is 0 Å². The number of carbonyl (C=O) groups is 2. The van der Waals surface area contributed by atoms with Gasteiger partial charge >= 0.3 is 0 Å². The SMILES string of the molecule is Cn1cc(C(=O)NCC2CCN(C(=O)CCNS(=O)(=O)c3ccc4ccccc4c3)CC2)cn1. The summed E-state index contributed by atoms with van der Waals surface area (Å²) in [4.78, 5) is 26.7. The highest BCUT2D eigenvalue weighted by molar-refractivity contribution is 7.89. The van der Waals surface area contributed by atoms with Gasteiger partial charge in [-0.3, -0.25) is 14.3 Å². The second-order valence-electron chi connectivity index (χ2n) is 8.59. The predicted molar refractivity (Wildman–Crippen MR) is 129 cm³/mol. The number of amides is 2. The molecule has 4 rings (SSSR count). The number of piperidine rings is 1. The lowest BCUT2D eigenvalue weighted by molar-refractivity contribution is -0.132. The molecular weight excluding hydrogens is 454 g/mol. The fraction of sp³-hybridized carbons (Fsp3) is 0.375. The number of sulfonamides is 1. The minimum atomic E-state index is -3.69. The van der Waals surface area contributed by atoms with E-state index in [2.05, 4.69) is 15.1 Å². The first-order valence-electron chi connectivity index (χ1n) is 11.3. The zero-order valence-electron chi connectivity index (χ0n) is 19.1. The Morgan fingerprint density at radius 3 is 2.53 bits per heavy atom. The number of carbonyl (C=O) groups excluding carboxylic acids is 2. The van der Waals surface area contributed by atoms with Crippen LogP contribution in [0.2, 0.25) is 0 Å². The highest BCUT2D eigenvalue weighted by Crippen LogP contribution is 2.19. The minimum absolute atomic E-state index is 0.0507. The average Bonchev–Trinajstić information content (AvgIpc) is 3.28. The summed E-state index contributed by atoms with van der Waals surface area (Å²) >= 11 is 0. The van der Waals surface area contributed by atoms with Crippen molar-refractivity contribution in [2.75, 3.05) is 26.2 Å². The first kappa shape index (κ1) is 23.9. The Morgan fingerprint density at radius 2 is 1.82 bits per heavy atom. The third kappa shape index (κ3) is 5.81. The molecule has 0 spiro atoms. The van der Waals surface area contributed by atoms with Crippen LogP contribution in [0.25, 0.3) is 10.8 Å². The number of benzene rings is 2. The van der Waals surface area contributed by atoms with Gasteiger partial charge in [-0.15, -0.1) is 0 Å². The molecule has 180 valence electrons. The van der Waals surface area contributed by atoms with E-state index in [9.17, 15) is 18.0 Å². The molecule has 1 aromatic heterocycles. The van der Waals surface area contributed by atoms with Crippen LogP contribution in [-0.2, 0) is 21.9 Å². The Labute approximate surface area is 199 Å². The maximum atomic E-state index is 12.6. The Bertz CT molecular complexity index is 1280. The molecule has 3 aromatic rings. The van der Waals surface area contributed by atoms with Gasteiger partial charge in [-0.05, 0) is 41.7 Å². The van der Waals surface area contributed by atoms with Crippen molar-refractivity contribution in [3.63, 3.8) is 0 Å². The van der Waals surface area contributed by atoms with Crippen LogP contribution >= 0.6 is 0 Å². The Morgan fingerprint density at radius 1 is 1.09 bits per heavy atom. The van der Waals surface area contributed by atoms with E-state index in [1.807, 2.05) is 24.3 Å². The lowest BCUT2D eigenvalue weighted by Crippen LogP contribution is -2.42. The first-order valence-corrected chi connectivity index (χ1v) is 12.8. The summed E-state index contributed by atoms with van der Waals surface area (Å²) in [5, 5.41) is 8.75. The van der Waals surface area contributed by atoms with Crippen molar-refractivity contribution >= 4 is 32.6 Å². The standard InChI is InChI=1S/C24H29N5O4S/c1-28-17-21(16-26-28)24(31)25-15-18-9-12-29(13-10-18)23(30)8-11-27-34(32,33)22-7-6-19-4-2-3-5-20(19)14-22/h2-7,14,16-18,27H,8-13,15H2,1H3,(H,25,31). The molecule has 0 unspecified atom stereocenters. The molecular formula is C24H29N5O4S. The van der Waals surface area contributed by atoms with Gasteiger partial charge in [0.25, 0.3) is 5.91 Å². The number of hydrogen-bond acceptors (Lipinski definition) is 5. The zero-order valence-corrected chi connectivity index (χ0v) is 19.9. The van der Waals surface area contributed by atoms with Crippen molar-refractivity contribution in [2.45, 2.75) is 24.2 Å². The highest BCUT2D eigenvalue weighted by atomic mass is 32.2. The van der Waals surface area contributed by atoms with Gasteiger partial charge in [-0.2, -0.15) is 5.10 Å². The highest BCUT2D eigenvalue weighted by Gasteiger charge is 2.24. The smallest absolute Gasteiger partial charge is 0.254 e. The molecule has 0 saturated carbocycles. The number of aryl methyl sites for hydroxylation is 1. The maximum absolute atomic E-state index is 12.6. The fourth-order valence-corrected chi connectivity index (χ4v) is 5.20. The molecule has 1 fully saturated rings. The van der Waals surface area contributed by atoms with E-state index in [0.29, 0.717) is 31.1 Å². The summed E-state index contributed by atoms with van der Waals surface area (Å²) in [6.07, 6.45) is 4.90. The summed E-state index contributed by atoms with van der Waals surface area (Å²) in [5.41, 5.74) is 0.529. The van der Waals surface area contributed by atoms with Gasteiger partial charge in [0.15, 0.2) is 0 Å². The predicted octanol–water partition coefficient (Wildman–Crippen LogP) is 1.91. The molecule has 10 heteroatoms. The quantitative estimate of drug-likeness (QED) is 0.508. The van der Waals surface area contributed by atoms with Crippen molar-refractivity contribution in [2.24, 2.45) is 13.0 Å². The lowest BCUT2D eigenvalue weighted by Gasteiger charge is -2.32. The van der Waals surface area contributed by atoms with Gasteiger partial charge in [-0.1, -0.05) is 30.3 Å². The third-order valence-corrected chi connectivity index (χ3v) is 7.61. The van der Waals surface area contributed by atoms with Gasteiger partial charge in [0.2, 0.25) is 15.9 Å². The Balaban J connectivity index is 1.20. The van der Waals surface area contributed by atoms with Crippen LogP contribution in [0.4, 0.5) is 0 Å². The molecule has 0 radical (unpaired) electrons. The molecule has 2 N–H and O–H groups in total. The topological polar surface area (TPSA) is 113 Å². The van der Waals surface area contributed by atoms with E-state index < -0.39 is 10.0 Å². The van der Waals surface area contributed by atoms with Gasteiger partial charge in [0, 0.05) is 45.8 Å². The molecule has 2 amide bonds. The van der Waals surface area contributed by atoms with Crippen LogP contribution in [-0.4, -0.2) is 61.1 Å². The Hall–Kier alpha value is -3.24. The molecule has 34 heavy (non-hydrogen) atoms. The summed E-state index contributed by atoms with van der Waals surface area (Å²) in [6.45, 7) is 1.81. The Kier molecular flexibility index (Phi) is 7.28. The van der Waals surface area contributed by atoms with Crippen LogP contribution in [0.15, 0.2) is 59.8 Å². The number of nitrogens with one attached hydrogen (secondary N) is 2. The molecule has 9 nitrogen and oxygen atoms in total. The number of hydrogen-bond donors (Lipinski definition) is 2. The van der Waals surface area contributed by atoms with Crippen molar-refractivity contribution in [3.8, 4) is 0 Å². The monoisotopic (exact) mass is 483 g/mol. The number of nitrogens with zero attached hydrogens (tertiary/aromatic N) is 3. The normalized spacial score (nSPS) is 14.9. The number of aromatic nitrogens is 2. The van der Waals surface area contributed by atoms with Gasteiger partial charge in [0.1, 0.15) is 0 Å². The van der Waals surface area contributed by atoms with Crippen molar-refractivity contribution in [3.05, 3.63) is 60.4 Å². The van der Waals surface area contributed by atoms with E-state index in [1.165, 1.54) is 6.20 Å². The average molecular weight is 484 g/mol. The summed E-state index contributed by atoms with van der Waals surface area (Å²) in [6, 6.07) is 12.5. The molecule has 1 aliphatic heterocycles. The molecule has 0 bridgehead atoms. The van der Waals surface area contributed by atoms with Gasteiger partial charge in [-0.25, -0.2) is 13.1 Å². The second-order valence-corrected chi connectivity index (χ2v) is 10.4.